The van der Waals surface area contributed by atoms with Gasteiger partial charge in [0.2, 0.25) is 0 Å². The molecule has 0 spiro atoms. The first kappa shape index (κ1) is 17.1. The van der Waals surface area contributed by atoms with E-state index in [4.69, 9.17) is 32.7 Å². The molecule has 3 aliphatic carbocycles. The van der Waals surface area contributed by atoms with Crippen molar-refractivity contribution in [1.82, 2.24) is 0 Å². The van der Waals surface area contributed by atoms with Gasteiger partial charge in [0.05, 0.1) is 25.4 Å². The molecule has 0 aromatic heterocycles. The monoisotopic (exact) mass is 388 g/mol. The number of carbonyl (C=O) groups excluding carboxylic acids is 2. The summed E-state index contributed by atoms with van der Waals surface area (Å²) in [5.74, 6) is -1.43. The largest absolute Gasteiger partial charge is 0.466 e. The first-order valence-electron chi connectivity index (χ1n) is 7.92. The predicted octanol–water partition coefficient (Wildman–Crippen LogP) is 3.62. The van der Waals surface area contributed by atoms with Crippen molar-refractivity contribution in [2.24, 2.45) is 0 Å². The highest BCUT2D eigenvalue weighted by molar-refractivity contribution is 6.39. The van der Waals surface area contributed by atoms with Crippen molar-refractivity contribution in [1.29, 1.82) is 0 Å². The van der Waals surface area contributed by atoms with Crippen molar-refractivity contribution >= 4 is 35.1 Å². The van der Waals surface area contributed by atoms with Crippen molar-refractivity contribution in [3.8, 4) is 0 Å². The molecule has 2 aromatic carbocycles. The van der Waals surface area contributed by atoms with E-state index in [9.17, 15) is 9.59 Å². The molecular formula is C20H14Cl2O4. The van der Waals surface area contributed by atoms with Gasteiger partial charge in [-0.25, -0.2) is 9.59 Å². The van der Waals surface area contributed by atoms with Gasteiger partial charge in [-0.2, -0.15) is 0 Å². The summed E-state index contributed by atoms with van der Waals surface area (Å²) in [4.78, 5) is 22.7. The molecule has 2 aromatic rings. The van der Waals surface area contributed by atoms with Crippen LogP contribution in [0.5, 0.6) is 0 Å². The average Bonchev–Trinajstić information content (AvgIpc) is 2.68. The molecule has 0 unspecified atom stereocenters. The van der Waals surface area contributed by atoms with E-state index in [1.807, 2.05) is 48.5 Å². The van der Waals surface area contributed by atoms with Crippen LogP contribution < -0.4 is 0 Å². The number of halogens is 2. The maximum Gasteiger partial charge on any atom is 0.336 e. The summed E-state index contributed by atoms with van der Waals surface area (Å²) in [5.41, 5.74) is 2.63. The predicted molar refractivity (Wildman–Crippen MR) is 97.2 cm³/mol. The highest BCUT2D eigenvalue weighted by atomic mass is 35.5. The van der Waals surface area contributed by atoms with E-state index < -0.39 is 21.7 Å². The smallest absolute Gasteiger partial charge is 0.336 e. The van der Waals surface area contributed by atoms with E-state index in [0.29, 0.717) is 22.3 Å². The van der Waals surface area contributed by atoms with Crippen molar-refractivity contribution in [3.63, 3.8) is 0 Å². The number of ether oxygens (including phenoxy) is 2. The third kappa shape index (κ3) is 1.81. The summed E-state index contributed by atoms with van der Waals surface area (Å²) < 4.78 is 9.92. The maximum absolute atomic E-state index is 12.7. The van der Waals surface area contributed by atoms with Gasteiger partial charge in [0.25, 0.3) is 0 Å². The zero-order chi connectivity index (χ0) is 18.7. The molecule has 0 saturated heterocycles. The molecule has 0 aliphatic heterocycles. The van der Waals surface area contributed by atoms with Gasteiger partial charge in [-0.3, -0.25) is 0 Å². The Morgan fingerprint density at radius 1 is 0.692 bits per heavy atom. The van der Waals surface area contributed by atoms with Crippen molar-refractivity contribution in [2.75, 3.05) is 14.2 Å². The zero-order valence-electron chi connectivity index (χ0n) is 14.0. The summed E-state index contributed by atoms with van der Waals surface area (Å²) in [6.07, 6.45) is 0. The Balaban J connectivity index is 2.23. The molecule has 0 saturated carbocycles. The second-order valence-electron chi connectivity index (χ2n) is 6.14. The third-order valence-electron chi connectivity index (χ3n) is 5.06. The Morgan fingerprint density at radius 2 is 0.962 bits per heavy atom. The van der Waals surface area contributed by atoms with Crippen molar-refractivity contribution < 1.29 is 19.1 Å². The van der Waals surface area contributed by atoms with Crippen LogP contribution in [0.4, 0.5) is 0 Å². The van der Waals surface area contributed by atoms with Crippen LogP contribution in [-0.2, 0) is 28.8 Å². The van der Waals surface area contributed by atoms with Gasteiger partial charge >= 0.3 is 11.9 Å². The number of rotatable bonds is 2. The van der Waals surface area contributed by atoms with Crippen LogP contribution >= 0.6 is 23.2 Å². The van der Waals surface area contributed by atoms with Crippen molar-refractivity contribution in [2.45, 2.75) is 9.75 Å². The molecular weight excluding hydrogens is 375 g/mol. The fourth-order valence-electron chi connectivity index (χ4n) is 4.03. The van der Waals surface area contributed by atoms with Gasteiger partial charge in [-0.1, -0.05) is 48.5 Å². The van der Waals surface area contributed by atoms with Gasteiger partial charge in [0, 0.05) is 0 Å². The first-order valence-corrected chi connectivity index (χ1v) is 8.67. The molecule has 0 atom stereocenters. The lowest BCUT2D eigenvalue weighted by Crippen LogP contribution is -2.50. The highest BCUT2D eigenvalue weighted by Gasteiger charge is 2.63. The summed E-state index contributed by atoms with van der Waals surface area (Å²) in [5, 5.41) is 0. The van der Waals surface area contributed by atoms with E-state index in [1.54, 1.807) is 0 Å². The van der Waals surface area contributed by atoms with Gasteiger partial charge in [-0.15, -0.1) is 23.2 Å². The lowest BCUT2D eigenvalue weighted by molar-refractivity contribution is -0.140. The van der Waals surface area contributed by atoms with Crippen LogP contribution in [0.25, 0.3) is 0 Å². The molecule has 0 fully saturated rings. The van der Waals surface area contributed by atoms with Gasteiger partial charge in [0.15, 0.2) is 0 Å². The topological polar surface area (TPSA) is 52.6 Å². The number of methoxy groups -OCH3 is 2. The minimum atomic E-state index is -1.39. The zero-order valence-corrected chi connectivity index (χ0v) is 15.5. The molecule has 0 N–H and O–H groups in total. The Bertz CT molecular complexity index is 867. The SMILES string of the molecule is COC(=O)C1=C(C(=O)OC)C2(Cl)c3ccccc3C1(Cl)c1ccccc12. The molecule has 3 aliphatic rings. The van der Waals surface area contributed by atoms with Crippen LogP contribution in [0, 0.1) is 0 Å². The van der Waals surface area contributed by atoms with Crippen LogP contribution in [0.1, 0.15) is 22.3 Å². The van der Waals surface area contributed by atoms with E-state index >= 15 is 0 Å². The standard InChI is InChI=1S/C20H14Cl2O4/c1-25-17(23)15-16(18(24)26-2)20(22)13-9-5-3-7-11(13)19(15,21)12-8-4-6-10-14(12)20/h3-10H,1-2H3. The fourth-order valence-corrected chi connectivity index (χ4v) is 5.03. The maximum atomic E-state index is 12.7. The molecule has 0 radical (unpaired) electrons. The fraction of sp³-hybridized carbons (Fsp3) is 0.200. The summed E-state index contributed by atoms with van der Waals surface area (Å²) in [6, 6.07) is 14.5. The number of carbonyl (C=O) groups is 2. The molecule has 4 nitrogen and oxygen atoms in total. The Morgan fingerprint density at radius 3 is 1.19 bits per heavy atom. The Hall–Kier alpha value is -2.30. The summed E-state index contributed by atoms with van der Waals surface area (Å²) >= 11 is 14.3. The van der Waals surface area contributed by atoms with Crippen LogP contribution in [0.3, 0.4) is 0 Å². The van der Waals surface area contributed by atoms with E-state index in [1.165, 1.54) is 14.2 Å². The molecule has 0 amide bonds. The minimum Gasteiger partial charge on any atom is -0.466 e. The molecule has 26 heavy (non-hydrogen) atoms. The van der Waals surface area contributed by atoms with Gasteiger partial charge in [-0.05, 0) is 22.3 Å². The number of esters is 2. The van der Waals surface area contributed by atoms with E-state index in [-0.39, 0.29) is 11.1 Å². The summed E-state index contributed by atoms with van der Waals surface area (Å²) in [7, 11) is 2.48. The second-order valence-corrected chi connectivity index (χ2v) is 7.28. The van der Waals surface area contributed by atoms with Crippen LogP contribution in [0.15, 0.2) is 59.7 Å². The van der Waals surface area contributed by atoms with E-state index in [2.05, 4.69) is 0 Å². The average molecular weight is 389 g/mol. The van der Waals surface area contributed by atoms with E-state index in [0.717, 1.165) is 0 Å². The quantitative estimate of drug-likeness (QED) is 0.582. The van der Waals surface area contributed by atoms with Gasteiger partial charge in [0.1, 0.15) is 9.75 Å². The van der Waals surface area contributed by atoms with Crippen LogP contribution in [0.2, 0.25) is 0 Å². The van der Waals surface area contributed by atoms with Gasteiger partial charge < -0.3 is 9.47 Å². The lowest BCUT2D eigenvalue weighted by atomic mass is 9.60. The minimum absolute atomic E-state index is 0.000849. The lowest BCUT2D eigenvalue weighted by Gasteiger charge is -2.50. The van der Waals surface area contributed by atoms with Crippen molar-refractivity contribution in [3.05, 3.63) is 81.9 Å². The number of hydrogen-bond donors (Lipinski definition) is 0. The second kappa shape index (κ2) is 5.60. The number of hydrogen-bond acceptors (Lipinski definition) is 4. The normalized spacial score (nSPS) is 25.4. The Kier molecular flexibility index (Phi) is 3.69. The molecule has 5 rings (SSSR count). The Labute approximate surface area is 160 Å². The molecule has 132 valence electrons. The molecule has 6 heteroatoms. The van der Waals surface area contributed by atoms with Crippen LogP contribution in [-0.4, -0.2) is 26.2 Å². The third-order valence-corrected chi connectivity index (χ3v) is 6.25. The highest BCUT2D eigenvalue weighted by Crippen LogP contribution is 2.65. The first-order chi connectivity index (χ1) is 12.4. The molecule has 0 heterocycles. The number of alkyl halides is 2. The molecule has 2 bridgehead atoms. The summed E-state index contributed by atoms with van der Waals surface area (Å²) in [6.45, 7) is 0. The number of benzene rings is 2.